The van der Waals surface area contributed by atoms with Gasteiger partial charge in [-0.2, -0.15) is 0 Å². The van der Waals surface area contributed by atoms with Crippen LogP contribution in [0.3, 0.4) is 0 Å². The molecule has 0 aromatic heterocycles. The van der Waals surface area contributed by atoms with Gasteiger partial charge in [-0.15, -0.1) is 0 Å². The van der Waals surface area contributed by atoms with Crippen molar-refractivity contribution >= 4 is 51.8 Å². The zero-order valence-corrected chi connectivity index (χ0v) is 13.5. The quantitative estimate of drug-likeness (QED) is 0.392. The predicted octanol–water partition coefficient (Wildman–Crippen LogP) is -0.653. The van der Waals surface area contributed by atoms with E-state index in [1.165, 1.54) is 11.1 Å². The molecule has 2 aromatic rings. The van der Waals surface area contributed by atoms with Crippen LogP contribution in [0, 0.1) is 5.92 Å². The molecule has 24 heavy (non-hydrogen) atoms. The number of benzene rings is 2. The molecule has 2 aromatic carbocycles. The third kappa shape index (κ3) is 2.91. The van der Waals surface area contributed by atoms with Crippen molar-refractivity contribution in [3.05, 3.63) is 42.5 Å². The van der Waals surface area contributed by atoms with Gasteiger partial charge in [0.15, 0.2) is 23.8 Å². The highest BCUT2D eigenvalue weighted by Gasteiger charge is 2.40. The summed E-state index contributed by atoms with van der Waals surface area (Å²) in [6, 6.07) is 13.2. The van der Waals surface area contributed by atoms with Gasteiger partial charge in [0, 0.05) is 5.39 Å². The van der Waals surface area contributed by atoms with Gasteiger partial charge < -0.3 is 10.4 Å². The van der Waals surface area contributed by atoms with Crippen molar-refractivity contribution in [3.8, 4) is 0 Å². The molecule has 0 bridgehead atoms. The third-order valence-corrected chi connectivity index (χ3v) is 4.03. The molecule has 3 rings (SSSR count). The number of aliphatic hydroxyl groups is 1. The van der Waals surface area contributed by atoms with Gasteiger partial charge in [0.05, 0.1) is 5.69 Å². The lowest BCUT2D eigenvalue weighted by molar-refractivity contribution is -0.456. The molecule has 1 aliphatic rings. The maximum Gasteiger partial charge on any atom is 0.256 e. The van der Waals surface area contributed by atoms with Gasteiger partial charge >= 0.3 is 0 Å². The number of aliphatic hydroxyl groups excluding tert-OH is 1. The van der Waals surface area contributed by atoms with Crippen LogP contribution >= 0.6 is 12.2 Å². The maximum absolute atomic E-state index is 12.8. The summed E-state index contributed by atoms with van der Waals surface area (Å²) < 4.78 is 0. The van der Waals surface area contributed by atoms with Crippen LogP contribution in [0.5, 0.6) is 0 Å². The number of thiocarbonyl (C=S) groups is 1. The molecule has 0 aliphatic carbocycles. The maximum atomic E-state index is 12.8. The van der Waals surface area contributed by atoms with E-state index < -0.39 is 17.7 Å². The van der Waals surface area contributed by atoms with E-state index >= 15 is 0 Å². The average Bonchev–Trinajstić information content (AvgIpc) is 2.58. The van der Waals surface area contributed by atoms with Crippen LogP contribution in [0.2, 0.25) is 0 Å². The van der Waals surface area contributed by atoms with Crippen LogP contribution in [0.25, 0.3) is 10.8 Å². The number of carbonyl (C=O) groups is 2. The largest absolute Gasteiger partial charge is 0.390 e. The van der Waals surface area contributed by atoms with E-state index in [0.717, 1.165) is 10.8 Å². The van der Waals surface area contributed by atoms with Crippen molar-refractivity contribution in [1.29, 1.82) is 0 Å². The van der Waals surface area contributed by atoms with Crippen LogP contribution in [0.1, 0.15) is 0 Å². The Kier molecular flexibility index (Phi) is 4.64. The predicted molar refractivity (Wildman–Crippen MR) is 94.6 cm³/mol. The lowest BCUT2D eigenvalue weighted by atomic mass is 10.0. The lowest BCUT2D eigenvalue weighted by Gasteiger charge is -2.30. The molecule has 1 atom stereocenters. The fourth-order valence-corrected chi connectivity index (χ4v) is 2.92. The molecule has 0 unspecified atom stereocenters. The number of nitrogens with one attached hydrogen (secondary N) is 2. The lowest BCUT2D eigenvalue weighted by Crippen LogP contribution is -2.73. The number of rotatable bonds is 4. The van der Waals surface area contributed by atoms with Crippen molar-refractivity contribution in [1.82, 2.24) is 5.32 Å². The summed E-state index contributed by atoms with van der Waals surface area (Å²) in [6.07, 6.45) is 1.38. The molecule has 122 valence electrons. The van der Waals surface area contributed by atoms with Crippen LogP contribution < -0.4 is 15.2 Å². The number of hydrogen-bond donors (Lipinski definition) is 3. The summed E-state index contributed by atoms with van der Waals surface area (Å²) in [5.41, 5.74) is 0.628. The summed E-state index contributed by atoms with van der Waals surface area (Å²) >= 11 is 5.21. The molecule has 2 amide bonds. The average molecular weight is 342 g/mol. The van der Waals surface area contributed by atoms with E-state index in [4.69, 9.17) is 17.3 Å². The van der Waals surface area contributed by atoms with Crippen molar-refractivity contribution in [2.24, 2.45) is 5.92 Å². The first-order valence-corrected chi connectivity index (χ1v) is 7.88. The summed E-state index contributed by atoms with van der Waals surface area (Å²) in [6.45, 7) is 0.167. The van der Waals surface area contributed by atoms with Gasteiger partial charge in [-0.3, -0.25) is 14.5 Å². The molecule has 6 nitrogen and oxygen atoms in total. The summed E-state index contributed by atoms with van der Waals surface area (Å²) in [7, 11) is 0. The molecule has 1 aliphatic heterocycles. The minimum absolute atomic E-state index is 0.0631. The van der Waals surface area contributed by atoms with E-state index in [-0.39, 0.29) is 18.3 Å². The first-order chi connectivity index (χ1) is 11.6. The van der Waals surface area contributed by atoms with Crippen molar-refractivity contribution < 1.29 is 19.7 Å². The summed E-state index contributed by atoms with van der Waals surface area (Å²) in [4.78, 5) is 29.0. The Morgan fingerprint density at radius 3 is 2.75 bits per heavy atom. The van der Waals surface area contributed by atoms with E-state index in [9.17, 15) is 9.59 Å². The highest BCUT2D eigenvalue weighted by Crippen LogP contribution is 2.29. The second kappa shape index (κ2) is 6.86. The number of nitrogens with zero attached hydrogens (tertiary/aromatic N) is 1. The van der Waals surface area contributed by atoms with E-state index in [0.29, 0.717) is 5.69 Å². The van der Waals surface area contributed by atoms with Crippen molar-refractivity contribution in [2.75, 3.05) is 18.1 Å². The Morgan fingerprint density at radius 1 is 1.21 bits per heavy atom. The first kappa shape index (κ1) is 16.2. The molecule has 0 spiro atoms. The first-order valence-electron chi connectivity index (χ1n) is 7.47. The summed E-state index contributed by atoms with van der Waals surface area (Å²) in [5.74, 6) is -1.92. The van der Waals surface area contributed by atoms with Gasteiger partial charge in [0.1, 0.15) is 6.61 Å². The Morgan fingerprint density at radius 2 is 1.96 bits per heavy atom. The second-order valence-corrected chi connectivity index (χ2v) is 5.68. The number of fused-ring (bicyclic) bond motifs is 1. The molecule has 3 N–H and O–H groups in total. The topological polar surface area (TPSA) is 83.6 Å². The minimum Gasteiger partial charge on any atom is -0.390 e. The minimum atomic E-state index is -1.01. The standard InChI is InChI=1S/C17H15N3O3S/c21-9-8-18-10-13-15(22)19-17(24)20(16(13)23)14-7-3-5-11-4-1-2-6-12(11)14/h1-7,10,13,21H,8-9H2,(H,19,22,24)/p+1/t13-/m0/s1. The molecule has 0 radical (unpaired) electrons. The van der Waals surface area contributed by atoms with Crippen molar-refractivity contribution in [3.63, 3.8) is 0 Å². The van der Waals surface area contributed by atoms with Gasteiger partial charge in [0.2, 0.25) is 5.91 Å². The van der Waals surface area contributed by atoms with Gasteiger partial charge in [-0.1, -0.05) is 36.4 Å². The molecule has 7 heteroatoms. The summed E-state index contributed by atoms with van der Waals surface area (Å²) in [5, 5.41) is 13.3. The van der Waals surface area contributed by atoms with Gasteiger partial charge in [-0.05, 0) is 23.7 Å². The van der Waals surface area contributed by atoms with Gasteiger partial charge in [-0.25, -0.2) is 4.99 Å². The molecule has 1 fully saturated rings. The zero-order chi connectivity index (χ0) is 17.1. The number of anilines is 1. The zero-order valence-electron chi connectivity index (χ0n) is 12.7. The van der Waals surface area contributed by atoms with E-state index in [2.05, 4.69) is 10.3 Å². The number of carbonyl (C=O) groups excluding carboxylic acids is 2. The van der Waals surface area contributed by atoms with Crippen LogP contribution in [0.4, 0.5) is 5.69 Å². The Labute approximate surface area is 143 Å². The van der Waals surface area contributed by atoms with Gasteiger partial charge in [0.25, 0.3) is 5.91 Å². The Bertz CT molecular complexity index is 845. The van der Waals surface area contributed by atoms with Crippen LogP contribution in [0.15, 0.2) is 42.5 Å². The van der Waals surface area contributed by atoms with Crippen LogP contribution in [-0.4, -0.2) is 41.4 Å². The Hall–Kier alpha value is -2.64. The molecular weight excluding hydrogens is 326 g/mol. The molecular formula is C17H16N3O3S+. The Balaban J connectivity index is 2.03. The highest BCUT2D eigenvalue weighted by molar-refractivity contribution is 7.80. The molecule has 1 saturated heterocycles. The van der Waals surface area contributed by atoms with E-state index in [1.54, 1.807) is 6.07 Å². The fraction of sp³-hybridized carbons (Fsp3) is 0.176. The van der Waals surface area contributed by atoms with Crippen molar-refractivity contribution in [2.45, 2.75) is 0 Å². The number of amides is 2. The smallest absolute Gasteiger partial charge is 0.256 e. The third-order valence-electron chi connectivity index (χ3n) is 3.75. The van der Waals surface area contributed by atoms with Crippen LogP contribution in [-0.2, 0) is 9.59 Å². The molecule has 0 saturated carbocycles. The fourth-order valence-electron chi connectivity index (χ4n) is 2.63. The highest BCUT2D eigenvalue weighted by atomic mass is 32.1. The number of hydrogen-bond acceptors (Lipinski definition) is 4. The normalized spacial score (nSPS) is 18.5. The second-order valence-electron chi connectivity index (χ2n) is 5.29. The molecule has 1 heterocycles. The van der Waals surface area contributed by atoms with E-state index in [1.807, 2.05) is 36.4 Å². The monoisotopic (exact) mass is 342 g/mol. The SMILES string of the molecule is O=C1NC(=S)N(c2cccc3ccccc23)C(=O)[C@H]1C=[NH+]CCO.